The van der Waals surface area contributed by atoms with Crippen LogP contribution >= 0.6 is 27.3 Å². The maximum atomic E-state index is 11.0. The van der Waals surface area contributed by atoms with Crippen molar-refractivity contribution in [2.45, 2.75) is 17.1 Å². The Morgan fingerprint density at radius 2 is 2.20 bits per heavy atom. The molecule has 1 aromatic heterocycles. The van der Waals surface area contributed by atoms with Gasteiger partial charge in [0.2, 0.25) is 10.0 Å². The van der Waals surface area contributed by atoms with E-state index in [0.29, 0.717) is 15.8 Å². The van der Waals surface area contributed by atoms with E-state index in [1.807, 2.05) is 0 Å². The van der Waals surface area contributed by atoms with Gasteiger partial charge < -0.3 is 5.11 Å². The van der Waals surface area contributed by atoms with E-state index in [2.05, 4.69) is 15.9 Å². The first-order valence-electron chi connectivity index (χ1n) is 3.83. The third-order valence-electron chi connectivity index (χ3n) is 1.55. The van der Waals surface area contributed by atoms with Crippen molar-refractivity contribution in [3.05, 3.63) is 15.4 Å². The number of primary sulfonamides is 1. The van der Waals surface area contributed by atoms with Crippen molar-refractivity contribution in [2.24, 2.45) is 5.14 Å². The molecule has 1 heterocycles. The van der Waals surface area contributed by atoms with Crippen LogP contribution < -0.4 is 5.14 Å². The molecule has 0 fully saturated rings. The van der Waals surface area contributed by atoms with Gasteiger partial charge in [-0.25, -0.2) is 13.6 Å². The first-order valence-corrected chi connectivity index (χ1v) is 6.99. The van der Waals surface area contributed by atoms with E-state index in [-0.39, 0.29) is 10.6 Å². The van der Waals surface area contributed by atoms with E-state index < -0.39 is 16.0 Å². The normalized spacial score (nSPS) is 11.6. The highest BCUT2D eigenvalue weighted by Gasteiger charge is 2.17. The Bertz CT molecular complexity index is 479. The lowest BCUT2D eigenvalue weighted by Gasteiger charge is -1.92. The molecule has 8 heteroatoms. The van der Waals surface area contributed by atoms with Crippen molar-refractivity contribution in [1.29, 1.82) is 0 Å². The number of halogens is 1. The third-order valence-corrected chi connectivity index (χ3v) is 5.37. The van der Waals surface area contributed by atoms with E-state index in [4.69, 9.17) is 10.2 Å². The molecule has 0 spiro atoms. The van der Waals surface area contributed by atoms with Crippen LogP contribution in [0.15, 0.2) is 14.7 Å². The summed E-state index contributed by atoms with van der Waals surface area (Å²) in [6, 6.07) is 1.58. The van der Waals surface area contributed by atoms with Crippen LogP contribution in [0.3, 0.4) is 0 Å². The number of carbonyl (C=O) groups is 1. The fraction of sp³-hybridized carbons (Fsp3) is 0.286. The molecule has 0 aliphatic heterocycles. The van der Waals surface area contributed by atoms with E-state index >= 15 is 0 Å². The standard InChI is InChI=1S/C7H8BrNO4S2/c8-5-3-4(1-2-6(10)11)14-7(5)15(9,12)13/h3H,1-2H2,(H,10,11)(H2,9,12,13). The van der Waals surface area contributed by atoms with Crippen LogP contribution in [0.2, 0.25) is 0 Å². The smallest absolute Gasteiger partial charge is 0.303 e. The number of carboxylic acids is 1. The van der Waals surface area contributed by atoms with Gasteiger partial charge in [-0.3, -0.25) is 4.79 Å². The molecule has 1 rings (SSSR count). The van der Waals surface area contributed by atoms with E-state index in [1.54, 1.807) is 6.07 Å². The van der Waals surface area contributed by atoms with Crippen LogP contribution in [0.4, 0.5) is 0 Å². The van der Waals surface area contributed by atoms with Crippen molar-refractivity contribution in [1.82, 2.24) is 0 Å². The molecule has 15 heavy (non-hydrogen) atoms. The number of hydrogen-bond donors (Lipinski definition) is 2. The lowest BCUT2D eigenvalue weighted by Crippen LogP contribution is -2.10. The molecule has 0 aromatic carbocycles. The van der Waals surface area contributed by atoms with Gasteiger partial charge in [0.1, 0.15) is 4.21 Å². The Balaban J connectivity index is 2.92. The summed E-state index contributed by atoms with van der Waals surface area (Å²) in [5.74, 6) is -0.920. The van der Waals surface area contributed by atoms with Crippen molar-refractivity contribution in [2.75, 3.05) is 0 Å². The van der Waals surface area contributed by atoms with Crippen LogP contribution in [-0.4, -0.2) is 19.5 Å². The Labute approximate surface area is 99.1 Å². The summed E-state index contributed by atoms with van der Waals surface area (Å²) < 4.78 is 22.5. The van der Waals surface area contributed by atoms with Gasteiger partial charge in [0.25, 0.3) is 0 Å². The molecule has 0 atom stereocenters. The molecular formula is C7H8BrNO4S2. The van der Waals surface area contributed by atoms with Gasteiger partial charge in [-0.15, -0.1) is 11.3 Å². The number of carboxylic acid groups (broad SMARTS) is 1. The number of aliphatic carboxylic acids is 1. The van der Waals surface area contributed by atoms with Crippen LogP contribution in [0.5, 0.6) is 0 Å². The lowest BCUT2D eigenvalue weighted by atomic mass is 10.3. The van der Waals surface area contributed by atoms with Crippen LogP contribution in [0.1, 0.15) is 11.3 Å². The van der Waals surface area contributed by atoms with Crippen molar-refractivity contribution in [3.8, 4) is 0 Å². The molecule has 1 aromatic rings. The number of rotatable bonds is 4. The average Bonchev–Trinajstić information content (AvgIpc) is 2.42. The summed E-state index contributed by atoms with van der Waals surface area (Å²) in [7, 11) is -3.73. The minimum atomic E-state index is -3.73. The molecule has 0 amide bonds. The number of nitrogens with two attached hydrogens (primary N) is 1. The highest BCUT2D eigenvalue weighted by Crippen LogP contribution is 2.31. The quantitative estimate of drug-likeness (QED) is 0.872. The number of thiophene rings is 1. The Hall–Kier alpha value is -0.440. The fourth-order valence-corrected chi connectivity index (χ4v) is 4.18. The molecular weight excluding hydrogens is 306 g/mol. The summed E-state index contributed by atoms with van der Waals surface area (Å²) in [6.07, 6.45) is 0.269. The van der Waals surface area contributed by atoms with Crippen LogP contribution in [-0.2, 0) is 21.2 Å². The molecule has 0 radical (unpaired) electrons. The first-order chi connectivity index (χ1) is 6.80. The van der Waals surface area contributed by atoms with E-state index in [1.165, 1.54) is 0 Å². The van der Waals surface area contributed by atoms with Gasteiger partial charge in [0.15, 0.2) is 0 Å². The second kappa shape index (κ2) is 4.60. The summed E-state index contributed by atoms with van der Waals surface area (Å²) in [4.78, 5) is 11.0. The van der Waals surface area contributed by atoms with E-state index in [9.17, 15) is 13.2 Å². The highest BCUT2D eigenvalue weighted by molar-refractivity contribution is 9.10. The molecule has 0 saturated carbocycles. The Kier molecular flexibility index (Phi) is 3.87. The van der Waals surface area contributed by atoms with Gasteiger partial charge in [-0.1, -0.05) is 0 Å². The molecule has 3 N–H and O–H groups in total. The SMILES string of the molecule is NS(=O)(=O)c1sc(CCC(=O)O)cc1Br. The molecule has 0 bridgehead atoms. The van der Waals surface area contributed by atoms with Gasteiger partial charge in [0, 0.05) is 9.35 Å². The molecule has 0 aliphatic rings. The Morgan fingerprint density at radius 1 is 1.60 bits per heavy atom. The zero-order valence-corrected chi connectivity index (χ0v) is 10.7. The van der Waals surface area contributed by atoms with Gasteiger partial charge in [0.05, 0.1) is 6.42 Å². The molecule has 0 unspecified atom stereocenters. The molecule has 84 valence electrons. The zero-order valence-electron chi connectivity index (χ0n) is 7.44. The third kappa shape index (κ3) is 3.56. The summed E-state index contributed by atoms with van der Waals surface area (Å²) in [6.45, 7) is 0. The lowest BCUT2D eigenvalue weighted by molar-refractivity contribution is -0.136. The molecule has 5 nitrogen and oxygen atoms in total. The number of aryl methyl sites for hydroxylation is 1. The second-order valence-corrected chi connectivity index (χ2v) is 6.53. The maximum Gasteiger partial charge on any atom is 0.303 e. The fourth-order valence-electron chi connectivity index (χ4n) is 0.945. The number of hydrogen-bond acceptors (Lipinski definition) is 4. The van der Waals surface area contributed by atoms with Crippen molar-refractivity contribution in [3.63, 3.8) is 0 Å². The summed E-state index contributed by atoms with van der Waals surface area (Å²) in [5, 5.41) is 13.4. The second-order valence-electron chi connectivity index (χ2n) is 2.79. The predicted molar refractivity (Wildman–Crippen MR) is 59.3 cm³/mol. The minimum absolute atomic E-state index is 0.0305. The van der Waals surface area contributed by atoms with Crippen LogP contribution in [0.25, 0.3) is 0 Å². The summed E-state index contributed by atoms with van der Waals surface area (Å²) >= 11 is 4.05. The van der Waals surface area contributed by atoms with E-state index in [0.717, 1.165) is 11.3 Å². The van der Waals surface area contributed by atoms with Gasteiger partial charge in [-0.2, -0.15) is 0 Å². The first kappa shape index (κ1) is 12.6. The Morgan fingerprint density at radius 3 is 2.60 bits per heavy atom. The largest absolute Gasteiger partial charge is 0.481 e. The average molecular weight is 314 g/mol. The van der Waals surface area contributed by atoms with Gasteiger partial charge >= 0.3 is 5.97 Å². The monoisotopic (exact) mass is 313 g/mol. The van der Waals surface area contributed by atoms with Crippen molar-refractivity contribution >= 4 is 43.3 Å². The minimum Gasteiger partial charge on any atom is -0.481 e. The van der Waals surface area contributed by atoms with Crippen molar-refractivity contribution < 1.29 is 18.3 Å². The number of sulfonamides is 1. The molecule has 0 saturated heterocycles. The topological polar surface area (TPSA) is 97.5 Å². The maximum absolute atomic E-state index is 11.0. The summed E-state index contributed by atoms with van der Waals surface area (Å²) in [5.41, 5.74) is 0. The van der Waals surface area contributed by atoms with Gasteiger partial charge in [-0.05, 0) is 28.4 Å². The predicted octanol–water partition coefficient (Wildman–Crippen LogP) is 1.18. The van der Waals surface area contributed by atoms with Crippen LogP contribution in [0, 0.1) is 0 Å². The molecule has 0 aliphatic carbocycles. The zero-order chi connectivity index (χ0) is 11.6. The highest BCUT2D eigenvalue weighted by atomic mass is 79.9.